The van der Waals surface area contributed by atoms with Crippen molar-refractivity contribution in [3.05, 3.63) is 23.1 Å². The molecule has 5 heteroatoms. The molecule has 8 atom stereocenters. The van der Waals surface area contributed by atoms with Gasteiger partial charge in [-0.3, -0.25) is 14.4 Å². The van der Waals surface area contributed by atoms with Crippen LogP contribution in [0.15, 0.2) is 11.6 Å². The minimum atomic E-state index is -0.655. The number of ketones is 2. The Kier molecular flexibility index (Phi) is 5.61. The summed E-state index contributed by atoms with van der Waals surface area (Å²) in [4.78, 5) is 44.8. The van der Waals surface area contributed by atoms with Crippen LogP contribution in [0, 0.1) is 56.8 Å². The Hall–Kier alpha value is -1.96. The average Bonchev–Trinajstić information content (AvgIpc) is 2.82. The molecule has 202 valence electrons. The van der Waals surface area contributed by atoms with Gasteiger partial charge in [0.15, 0.2) is 5.78 Å². The Morgan fingerprint density at radius 1 is 0.973 bits per heavy atom. The number of methoxy groups -OCH3 is 1. The summed E-state index contributed by atoms with van der Waals surface area (Å²) in [7, 11) is 1.49. The maximum Gasteiger partial charge on any atom is 0.312 e. The molecule has 0 aromatic rings. The predicted octanol–water partition coefficient (Wildman–Crippen LogP) is 6.61. The molecule has 4 saturated carbocycles. The van der Waals surface area contributed by atoms with Crippen LogP contribution in [0.25, 0.3) is 4.85 Å². The quantitative estimate of drug-likeness (QED) is 0.296. The van der Waals surface area contributed by atoms with E-state index < -0.39 is 16.9 Å². The van der Waals surface area contributed by atoms with Gasteiger partial charge in [-0.15, -0.1) is 0 Å². The van der Waals surface area contributed by atoms with Crippen LogP contribution in [0.4, 0.5) is 0 Å². The molecule has 37 heavy (non-hydrogen) atoms. The van der Waals surface area contributed by atoms with E-state index in [0.29, 0.717) is 6.42 Å². The summed E-state index contributed by atoms with van der Waals surface area (Å²) in [5.41, 5.74) is -0.791. The summed E-state index contributed by atoms with van der Waals surface area (Å²) >= 11 is 0. The summed E-state index contributed by atoms with van der Waals surface area (Å²) in [6, 6.07) is -0.655. The maximum atomic E-state index is 14.4. The Balaban J connectivity index is 1.67. The van der Waals surface area contributed by atoms with Gasteiger partial charge in [0.25, 0.3) is 6.04 Å². The fraction of sp³-hybridized carbons (Fsp3) is 0.812. The number of hydrogen-bond acceptors (Lipinski definition) is 4. The number of nitrogens with zero attached hydrogens (tertiary/aromatic N) is 1. The molecule has 0 heterocycles. The lowest BCUT2D eigenvalue weighted by molar-refractivity contribution is -0.192. The minimum Gasteiger partial charge on any atom is -0.469 e. The van der Waals surface area contributed by atoms with Crippen molar-refractivity contribution < 1.29 is 19.1 Å². The van der Waals surface area contributed by atoms with E-state index in [4.69, 9.17) is 11.3 Å². The van der Waals surface area contributed by atoms with Crippen molar-refractivity contribution in [1.29, 1.82) is 0 Å². The fourth-order valence-electron chi connectivity index (χ4n) is 10.6. The van der Waals surface area contributed by atoms with Crippen LogP contribution >= 0.6 is 0 Å². The molecular weight excluding hydrogens is 462 g/mol. The number of carbonyl (C=O) groups is 3. The van der Waals surface area contributed by atoms with E-state index in [2.05, 4.69) is 39.5 Å². The third kappa shape index (κ3) is 3.17. The van der Waals surface area contributed by atoms with Gasteiger partial charge >= 0.3 is 5.97 Å². The Morgan fingerprint density at radius 2 is 1.62 bits per heavy atom. The summed E-state index contributed by atoms with van der Waals surface area (Å²) in [5, 5.41) is 0. The highest BCUT2D eigenvalue weighted by Gasteiger charge is 2.72. The highest BCUT2D eigenvalue weighted by atomic mass is 16.5. The van der Waals surface area contributed by atoms with E-state index in [0.717, 1.165) is 44.9 Å². The molecule has 5 aliphatic rings. The topological polar surface area (TPSA) is 64.8 Å². The number of Topliss-reactive ketones (excluding diaryl/α,β-unsaturated/α-hetero) is 1. The van der Waals surface area contributed by atoms with Gasteiger partial charge in [-0.2, -0.15) is 0 Å². The molecule has 0 saturated heterocycles. The number of ether oxygens (including phenoxy) is 1. The van der Waals surface area contributed by atoms with Crippen LogP contribution in [0.2, 0.25) is 0 Å². The minimum absolute atomic E-state index is 0.0320. The van der Waals surface area contributed by atoms with Crippen LogP contribution in [0.1, 0.15) is 99.8 Å². The second kappa shape index (κ2) is 7.80. The zero-order valence-electron chi connectivity index (χ0n) is 24.1. The summed E-state index contributed by atoms with van der Waals surface area (Å²) in [5.74, 6) is -0.0545. The zero-order valence-corrected chi connectivity index (χ0v) is 24.1. The second-order valence-corrected chi connectivity index (χ2v) is 15.3. The highest BCUT2D eigenvalue weighted by molar-refractivity contribution is 5.97. The van der Waals surface area contributed by atoms with Gasteiger partial charge in [0.05, 0.1) is 12.5 Å². The molecule has 0 aliphatic heterocycles. The third-order valence-electron chi connectivity index (χ3n) is 12.8. The van der Waals surface area contributed by atoms with E-state index in [1.807, 2.05) is 19.9 Å². The standard InChI is InChI=1S/C32H45NO4/c1-27(2)12-14-32(26(36)37-9)15-13-31(7)24(19(32)17-27)21(34)16-23-29(5)18-20(33-8)25(35)28(3,4)22(29)10-11-30(23,31)6/h16,19-20,22,24H,10-15,17-18H2,1-7,9H3/t19?,20?,22-,24?,29-,30+,31+,32-/m0/s1. The molecule has 0 N–H and O–H groups in total. The third-order valence-corrected chi connectivity index (χ3v) is 12.8. The molecule has 0 aromatic carbocycles. The Morgan fingerprint density at radius 3 is 2.24 bits per heavy atom. The van der Waals surface area contributed by atoms with E-state index >= 15 is 0 Å². The van der Waals surface area contributed by atoms with Gasteiger partial charge in [0, 0.05) is 23.2 Å². The van der Waals surface area contributed by atoms with Crippen molar-refractivity contribution in [2.75, 3.05) is 7.11 Å². The molecule has 5 aliphatic carbocycles. The van der Waals surface area contributed by atoms with Crippen LogP contribution in [-0.2, 0) is 19.1 Å². The van der Waals surface area contributed by atoms with E-state index in [1.165, 1.54) is 12.7 Å². The van der Waals surface area contributed by atoms with Crippen molar-refractivity contribution in [2.45, 2.75) is 106 Å². The normalized spacial score (nSPS) is 47.8. The smallest absolute Gasteiger partial charge is 0.312 e. The molecule has 5 nitrogen and oxygen atoms in total. The van der Waals surface area contributed by atoms with Crippen LogP contribution in [-0.4, -0.2) is 30.7 Å². The molecule has 0 spiro atoms. The summed E-state index contributed by atoms with van der Waals surface area (Å²) in [6.07, 6.45) is 8.48. The number of esters is 1. The van der Waals surface area contributed by atoms with E-state index in [-0.39, 0.29) is 56.9 Å². The van der Waals surface area contributed by atoms with Gasteiger partial charge in [-0.25, -0.2) is 6.57 Å². The molecule has 5 rings (SSSR count). The van der Waals surface area contributed by atoms with Crippen LogP contribution in [0.3, 0.4) is 0 Å². The van der Waals surface area contributed by atoms with Crippen molar-refractivity contribution in [3.8, 4) is 0 Å². The van der Waals surface area contributed by atoms with Gasteiger partial charge in [-0.1, -0.05) is 54.0 Å². The first-order chi connectivity index (χ1) is 17.0. The largest absolute Gasteiger partial charge is 0.469 e. The zero-order chi connectivity index (χ0) is 27.4. The monoisotopic (exact) mass is 507 g/mol. The molecule has 0 radical (unpaired) electrons. The van der Waals surface area contributed by atoms with E-state index in [1.54, 1.807) is 0 Å². The molecule has 4 fully saturated rings. The number of fused-ring (bicyclic) bond motifs is 7. The number of hydrogen-bond donors (Lipinski definition) is 0. The van der Waals surface area contributed by atoms with E-state index in [9.17, 15) is 14.4 Å². The Bertz CT molecular complexity index is 1140. The molecule has 0 amide bonds. The summed E-state index contributed by atoms with van der Waals surface area (Å²) < 4.78 is 5.42. The van der Waals surface area contributed by atoms with Gasteiger partial charge in [0.2, 0.25) is 5.78 Å². The van der Waals surface area contributed by atoms with Crippen LogP contribution in [0.5, 0.6) is 0 Å². The highest BCUT2D eigenvalue weighted by Crippen LogP contribution is 2.75. The van der Waals surface area contributed by atoms with Crippen molar-refractivity contribution >= 4 is 17.5 Å². The van der Waals surface area contributed by atoms with Gasteiger partial charge in [0.1, 0.15) is 0 Å². The van der Waals surface area contributed by atoms with Crippen molar-refractivity contribution in [1.82, 2.24) is 0 Å². The summed E-state index contributed by atoms with van der Waals surface area (Å²) in [6.45, 7) is 23.3. The molecule has 3 unspecified atom stereocenters. The lowest BCUT2D eigenvalue weighted by Gasteiger charge is -2.69. The lowest BCUT2D eigenvalue weighted by Crippen LogP contribution is -2.66. The fourth-order valence-corrected chi connectivity index (χ4v) is 10.6. The Labute approximate surface area is 223 Å². The number of rotatable bonds is 1. The number of allylic oxidation sites excluding steroid dienone is 2. The number of carbonyl (C=O) groups excluding carboxylic acids is 3. The first-order valence-corrected chi connectivity index (χ1v) is 14.3. The van der Waals surface area contributed by atoms with Gasteiger partial charge < -0.3 is 9.58 Å². The average molecular weight is 508 g/mol. The first-order valence-electron chi connectivity index (χ1n) is 14.3. The molecule has 0 aromatic heterocycles. The second-order valence-electron chi connectivity index (χ2n) is 15.3. The lowest BCUT2D eigenvalue weighted by atomic mass is 9.33. The SMILES string of the molecule is [C-]#[N+]C1C[C@]2(C)C3=CC(=O)C4C5CC(C)(C)CC[C@]5(C(=O)OC)CC[C@@]4(C)[C@]3(C)CC[C@H]2C(C)(C)C1=O. The first kappa shape index (κ1) is 26.6. The predicted molar refractivity (Wildman–Crippen MR) is 142 cm³/mol. The molecular formula is C32H45NO4. The van der Waals surface area contributed by atoms with Gasteiger partial charge in [-0.05, 0) is 79.1 Å². The maximum absolute atomic E-state index is 14.4. The van der Waals surface area contributed by atoms with Crippen molar-refractivity contribution in [2.24, 2.45) is 50.2 Å². The van der Waals surface area contributed by atoms with Crippen molar-refractivity contribution in [3.63, 3.8) is 0 Å². The molecule has 0 bridgehead atoms. The van der Waals surface area contributed by atoms with Crippen LogP contribution < -0.4 is 0 Å².